The van der Waals surface area contributed by atoms with Crippen LogP contribution in [0.2, 0.25) is 0 Å². The van der Waals surface area contributed by atoms with Crippen molar-refractivity contribution in [1.29, 1.82) is 0 Å². The van der Waals surface area contributed by atoms with Crippen molar-refractivity contribution in [1.82, 2.24) is 5.32 Å². The van der Waals surface area contributed by atoms with Gasteiger partial charge in [0.2, 0.25) is 0 Å². The van der Waals surface area contributed by atoms with Crippen LogP contribution in [0, 0.1) is 5.82 Å². The first-order valence-electron chi connectivity index (χ1n) is 6.39. The number of unbranched alkanes of at least 4 members (excludes halogenated alkanes) is 2. The Morgan fingerprint density at radius 3 is 2.72 bits per heavy atom. The molecule has 3 nitrogen and oxygen atoms in total. The first-order valence-corrected chi connectivity index (χ1v) is 6.39. The van der Waals surface area contributed by atoms with Gasteiger partial charge in [0.05, 0.1) is 6.61 Å². The van der Waals surface area contributed by atoms with Crippen molar-refractivity contribution in [2.75, 3.05) is 13.2 Å². The minimum Gasteiger partial charge on any atom is -0.491 e. The molecule has 0 radical (unpaired) electrons. The van der Waals surface area contributed by atoms with E-state index in [1.165, 1.54) is 12.1 Å². The van der Waals surface area contributed by atoms with Crippen molar-refractivity contribution >= 4 is 5.91 Å². The van der Waals surface area contributed by atoms with E-state index < -0.39 is 5.82 Å². The van der Waals surface area contributed by atoms with Crippen molar-refractivity contribution < 1.29 is 13.9 Å². The molecule has 1 N–H and O–H groups in total. The molecular weight excluding hydrogens is 233 g/mol. The molecule has 1 aromatic carbocycles. The van der Waals surface area contributed by atoms with Crippen molar-refractivity contribution in [3.63, 3.8) is 0 Å². The number of nitrogens with one attached hydrogen (secondary N) is 1. The second-order valence-corrected chi connectivity index (χ2v) is 4.04. The van der Waals surface area contributed by atoms with Crippen molar-refractivity contribution in [2.45, 2.75) is 33.1 Å². The van der Waals surface area contributed by atoms with E-state index in [0.717, 1.165) is 19.3 Å². The first-order chi connectivity index (χ1) is 8.69. The van der Waals surface area contributed by atoms with Crippen LogP contribution in [-0.4, -0.2) is 19.1 Å². The monoisotopic (exact) mass is 253 g/mol. The van der Waals surface area contributed by atoms with Crippen LogP contribution in [0.15, 0.2) is 18.2 Å². The van der Waals surface area contributed by atoms with Gasteiger partial charge in [-0.2, -0.15) is 0 Å². The summed E-state index contributed by atoms with van der Waals surface area (Å²) in [4.78, 5) is 11.7. The molecule has 0 spiro atoms. The molecule has 0 aliphatic carbocycles. The molecule has 1 amide bonds. The minimum absolute atomic E-state index is 0.181. The second kappa shape index (κ2) is 7.69. The third kappa shape index (κ3) is 4.35. The van der Waals surface area contributed by atoms with Crippen LogP contribution in [0.5, 0.6) is 5.75 Å². The fourth-order valence-corrected chi connectivity index (χ4v) is 1.59. The number of ether oxygens (including phenoxy) is 1. The Balaban J connectivity index is 2.55. The average molecular weight is 253 g/mol. The van der Waals surface area contributed by atoms with E-state index in [1.807, 2.05) is 0 Å². The average Bonchev–Trinajstić information content (AvgIpc) is 2.37. The van der Waals surface area contributed by atoms with E-state index >= 15 is 0 Å². The predicted octanol–water partition coefficient (Wildman–Crippen LogP) is 3.14. The molecule has 0 atom stereocenters. The van der Waals surface area contributed by atoms with Crippen LogP contribution in [0.1, 0.15) is 43.5 Å². The smallest absolute Gasteiger partial charge is 0.251 e. The number of benzene rings is 1. The lowest BCUT2D eigenvalue weighted by atomic mass is 10.2. The number of carbonyl (C=O) groups is 1. The van der Waals surface area contributed by atoms with Gasteiger partial charge in [0, 0.05) is 12.1 Å². The van der Waals surface area contributed by atoms with Crippen molar-refractivity contribution in [2.24, 2.45) is 0 Å². The second-order valence-electron chi connectivity index (χ2n) is 4.04. The fourth-order valence-electron chi connectivity index (χ4n) is 1.59. The van der Waals surface area contributed by atoms with E-state index in [1.54, 1.807) is 13.0 Å². The summed E-state index contributed by atoms with van der Waals surface area (Å²) in [5.41, 5.74) is 0.326. The highest BCUT2D eigenvalue weighted by molar-refractivity contribution is 5.94. The zero-order valence-corrected chi connectivity index (χ0v) is 11.0. The number of rotatable bonds is 7. The third-order valence-corrected chi connectivity index (χ3v) is 2.56. The summed E-state index contributed by atoms with van der Waals surface area (Å²) in [5.74, 6) is -0.564. The van der Waals surface area contributed by atoms with E-state index in [0.29, 0.717) is 18.7 Å². The molecule has 100 valence electrons. The highest BCUT2D eigenvalue weighted by Gasteiger charge is 2.09. The Morgan fingerprint density at radius 2 is 2.11 bits per heavy atom. The van der Waals surface area contributed by atoms with Gasteiger partial charge in [-0.1, -0.05) is 19.8 Å². The summed E-state index contributed by atoms with van der Waals surface area (Å²) in [7, 11) is 0. The highest BCUT2D eigenvalue weighted by Crippen LogP contribution is 2.18. The number of hydrogen-bond acceptors (Lipinski definition) is 2. The molecule has 4 heteroatoms. The van der Waals surface area contributed by atoms with Gasteiger partial charge in [-0.15, -0.1) is 0 Å². The summed E-state index contributed by atoms with van der Waals surface area (Å²) >= 11 is 0. The van der Waals surface area contributed by atoms with Gasteiger partial charge in [0.25, 0.3) is 5.91 Å². The highest BCUT2D eigenvalue weighted by atomic mass is 19.1. The van der Waals surface area contributed by atoms with Crippen LogP contribution in [0.3, 0.4) is 0 Å². The normalized spacial score (nSPS) is 10.2. The standard InChI is InChI=1S/C14H20FNO2/c1-3-5-6-9-16-14(17)11-7-8-13(18-4-2)12(15)10-11/h7-8,10H,3-6,9H2,1-2H3,(H,16,17). The van der Waals surface area contributed by atoms with Crippen molar-refractivity contribution in [3.05, 3.63) is 29.6 Å². The minimum atomic E-state index is -0.502. The molecule has 0 aromatic heterocycles. The molecular formula is C14H20FNO2. The quantitative estimate of drug-likeness (QED) is 0.758. The molecule has 1 aromatic rings. The van der Waals surface area contributed by atoms with E-state index in [-0.39, 0.29) is 11.7 Å². The summed E-state index contributed by atoms with van der Waals surface area (Å²) in [6, 6.07) is 4.27. The van der Waals surface area contributed by atoms with Gasteiger partial charge >= 0.3 is 0 Å². The van der Waals surface area contributed by atoms with Crippen molar-refractivity contribution in [3.8, 4) is 5.75 Å². The van der Waals surface area contributed by atoms with Gasteiger partial charge in [-0.25, -0.2) is 4.39 Å². The van der Waals surface area contributed by atoms with Crippen LogP contribution < -0.4 is 10.1 Å². The SMILES string of the molecule is CCCCCNC(=O)c1ccc(OCC)c(F)c1. The Hall–Kier alpha value is -1.58. The van der Waals surface area contributed by atoms with Crippen LogP contribution in [-0.2, 0) is 0 Å². The third-order valence-electron chi connectivity index (χ3n) is 2.56. The lowest BCUT2D eigenvalue weighted by Gasteiger charge is -2.07. The molecule has 0 aliphatic rings. The Kier molecular flexibility index (Phi) is 6.19. The molecule has 0 saturated carbocycles. The van der Waals surface area contributed by atoms with Gasteiger partial charge in [-0.05, 0) is 31.5 Å². The first kappa shape index (κ1) is 14.5. The van der Waals surface area contributed by atoms with Gasteiger partial charge < -0.3 is 10.1 Å². The fraction of sp³-hybridized carbons (Fsp3) is 0.500. The Bertz CT molecular complexity index is 393. The number of amides is 1. The lowest BCUT2D eigenvalue weighted by molar-refractivity contribution is 0.0952. The molecule has 18 heavy (non-hydrogen) atoms. The summed E-state index contributed by atoms with van der Waals surface area (Å²) in [6.07, 6.45) is 3.13. The van der Waals surface area contributed by atoms with Crippen LogP contribution in [0.25, 0.3) is 0 Å². The van der Waals surface area contributed by atoms with E-state index in [9.17, 15) is 9.18 Å². The summed E-state index contributed by atoms with van der Waals surface area (Å²) in [5, 5.41) is 2.77. The predicted molar refractivity (Wildman–Crippen MR) is 69.4 cm³/mol. The lowest BCUT2D eigenvalue weighted by Crippen LogP contribution is -2.24. The molecule has 0 bridgehead atoms. The zero-order chi connectivity index (χ0) is 13.4. The largest absolute Gasteiger partial charge is 0.491 e. The van der Waals surface area contributed by atoms with E-state index in [2.05, 4.69) is 12.2 Å². The maximum Gasteiger partial charge on any atom is 0.251 e. The van der Waals surface area contributed by atoms with Gasteiger partial charge in [-0.3, -0.25) is 4.79 Å². The maximum absolute atomic E-state index is 13.5. The van der Waals surface area contributed by atoms with Gasteiger partial charge in [0.15, 0.2) is 11.6 Å². The van der Waals surface area contributed by atoms with E-state index in [4.69, 9.17) is 4.74 Å². The molecule has 1 rings (SSSR count). The summed E-state index contributed by atoms with van der Waals surface area (Å²) in [6.45, 7) is 4.92. The number of carbonyl (C=O) groups excluding carboxylic acids is 1. The Morgan fingerprint density at radius 1 is 1.33 bits per heavy atom. The molecule has 0 heterocycles. The molecule has 0 unspecified atom stereocenters. The maximum atomic E-state index is 13.5. The van der Waals surface area contributed by atoms with Gasteiger partial charge in [0.1, 0.15) is 0 Å². The Labute approximate surface area is 107 Å². The molecule has 0 fully saturated rings. The number of hydrogen-bond donors (Lipinski definition) is 1. The summed E-state index contributed by atoms with van der Waals surface area (Å²) < 4.78 is 18.6. The van der Waals surface area contributed by atoms with Crippen LogP contribution >= 0.6 is 0 Å². The zero-order valence-electron chi connectivity index (χ0n) is 11.0. The number of halogens is 1. The van der Waals surface area contributed by atoms with Crippen LogP contribution in [0.4, 0.5) is 4.39 Å². The molecule has 0 aliphatic heterocycles. The topological polar surface area (TPSA) is 38.3 Å². The molecule has 0 saturated heterocycles.